The quantitative estimate of drug-likeness (QED) is 0.248. The summed E-state index contributed by atoms with van der Waals surface area (Å²) in [7, 11) is -8.43. The molecular formula is C6H12Na2O7S2. The molecule has 92 valence electrons. The maximum absolute atomic E-state index is 10.1. The Hall–Kier alpha value is 1.78. The Morgan fingerprint density at radius 2 is 1.06 bits per heavy atom. The first-order valence-electron chi connectivity index (χ1n) is 4.15. The molecule has 0 bridgehead atoms. The van der Waals surface area contributed by atoms with Gasteiger partial charge in [-0.1, -0.05) is 0 Å². The van der Waals surface area contributed by atoms with E-state index in [1.165, 1.54) is 0 Å². The molecule has 17 heavy (non-hydrogen) atoms. The molecule has 0 aromatic rings. The Bertz CT molecular complexity index is 328. The standard InChI is InChI=1S/C6H14O7S2.2Na/c7-14(8,9)5-1-3-13-4-2-6-15(10,11)12;;/h1-6H2,(H,7,8,9)(H,10,11,12);;/q;2*+1/p-2. The van der Waals surface area contributed by atoms with Crippen LogP contribution in [0.25, 0.3) is 0 Å². The predicted octanol–water partition coefficient (Wildman–Crippen LogP) is -7.12. The van der Waals surface area contributed by atoms with Crippen molar-refractivity contribution >= 4 is 20.2 Å². The molecule has 0 aliphatic carbocycles. The zero-order valence-electron chi connectivity index (χ0n) is 9.92. The van der Waals surface area contributed by atoms with Gasteiger partial charge in [-0.25, -0.2) is 16.8 Å². The van der Waals surface area contributed by atoms with E-state index in [4.69, 9.17) is 4.74 Å². The van der Waals surface area contributed by atoms with E-state index in [1.54, 1.807) is 0 Å². The minimum absolute atomic E-state index is 0. The first-order chi connectivity index (χ1) is 6.71. The van der Waals surface area contributed by atoms with Crippen molar-refractivity contribution in [1.29, 1.82) is 0 Å². The van der Waals surface area contributed by atoms with Crippen LogP contribution in [0.1, 0.15) is 12.8 Å². The Kier molecular flexibility index (Phi) is 16.3. The molecule has 0 unspecified atom stereocenters. The predicted molar refractivity (Wildman–Crippen MR) is 49.2 cm³/mol. The van der Waals surface area contributed by atoms with Gasteiger partial charge < -0.3 is 13.8 Å². The summed E-state index contributed by atoms with van der Waals surface area (Å²) in [6, 6.07) is 0. The van der Waals surface area contributed by atoms with Gasteiger partial charge in [0, 0.05) is 24.7 Å². The van der Waals surface area contributed by atoms with Crippen LogP contribution in [0, 0.1) is 0 Å². The van der Waals surface area contributed by atoms with Gasteiger partial charge >= 0.3 is 59.1 Å². The van der Waals surface area contributed by atoms with Crippen LogP contribution in [-0.4, -0.2) is 50.7 Å². The van der Waals surface area contributed by atoms with E-state index < -0.39 is 31.7 Å². The molecule has 0 aromatic heterocycles. The third-order valence-corrected chi connectivity index (χ3v) is 2.94. The minimum atomic E-state index is -4.22. The third-order valence-electron chi connectivity index (χ3n) is 1.37. The van der Waals surface area contributed by atoms with Crippen LogP contribution in [-0.2, 0) is 25.0 Å². The van der Waals surface area contributed by atoms with Crippen molar-refractivity contribution in [3.63, 3.8) is 0 Å². The molecule has 0 N–H and O–H groups in total. The molecule has 0 aromatic carbocycles. The van der Waals surface area contributed by atoms with Crippen molar-refractivity contribution < 1.29 is 89.8 Å². The molecule has 0 saturated carbocycles. The summed E-state index contributed by atoms with van der Waals surface area (Å²) in [5.41, 5.74) is 0. The van der Waals surface area contributed by atoms with Crippen LogP contribution < -0.4 is 59.1 Å². The van der Waals surface area contributed by atoms with Gasteiger partial charge in [0.25, 0.3) is 0 Å². The second-order valence-electron chi connectivity index (χ2n) is 2.84. The van der Waals surface area contributed by atoms with Gasteiger partial charge in [0.1, 0.15) is 0 Å². The van der Waals surface area contributed by atoms with E-state index in [2.05, 4.69) is 0 Å². The summed E-state index contributed by atoms with van der Waals surface area (Å²) in [5.74, 6) is -1.01. The van der Waals surface area contributed by atoms with E-state index in [9.17, 15) is 25.9 Å². The van der Waals surface area contributed by atoms with Crippen molar-refractivity contribution in [2.24, 2.45) is 0 Å². The van der Waals surface area contributed by atoms with Gasteiger partial charge in [0.05, 0.1) is 20.2 Å². The van der Waals surface area contributed by atoms with Crippen molar-refractivity contribution in [2.45, 2.75) is 12.8 Å². The Balaban J connectivity index is -0.000000980. The first-order valence-corrected chi connectivity index (χ1v) is 7.31. The zero-order chi connectivity index (χ0) is 11.9. The van der Waals surface area contributed by atoms with E-state index >= 15 is 0 Å². The summed E-state index contributed by atoms with van der Waals surface area (Å²) in [5, 5.41) is 0. The van der Waals surface area contributed by atoms with Crippen LogP contribution >= 0.6 is 0 Å². The molecule has 0 fully saturated rings. The van der Waals surface area contributed by atoms with Crippen LogP contribution in [0.3, 0.4) is 0 Å². The molecule has 0 aliphatic heterocycles. The minimum Gasteiger partial charge on any atom is -0.748 e. The van der Waals surface area contributed by atoms with E-state index in [0.717, 1.165) is 0 Å². The monoisotopic (exact) mass is 306 g/mol. The van der Waals surface area contributed by atoms with Crippen molar-refractivity contribution in [3.05, 3.63) is 0 Å². The summed E-state index contributed by atoms with van der Waals surface area (Å²) in [6.07, 6.45) is 0.131. The van der Waals surface area contributed by atoms with Gasteiger partial charge in [-0.15, -0.1) is 0 Å². The van der Waals surface area contributed by atoms with Gasteiger partial charge in [0.15, 0.2) is 0 Å². The molecule has 0 rings (SSSR count). The fourth-order valence-corrected chi connectivity index (χ4v) is 1.72. The SMILES string of the molecule is O=S(=O)([O-])CCCOCCCS(=O)(=O)[O-].[Na+].[Na+]. The summed E-state index contributed by atoms with van der Waals surface area (Å²) in [6.45, 7) is 0.112. The smallest absolute Gasteiger partial charge is 0.748 e. The fraction of sp³-hybridized carbons (Fsp3) is 1.00. The normalized spacial score (nSPS) is 11.4. The molecule has 0 heterocycles. The summed E-state index contributed by atoms with van der Waals surface area (Å²) < 4.78 is 65.5. The second kappa shape index (κ2) is 11.6. The molecule has 0 atom stereocenters. The number of hydrogen-bond donors (Lipinski definition) is 0. The third kappa shape index (κ3) is 23.3. The number of hydrogen-bond acceptors (Lipinski definition) is 7. The molecule has 11 heteroatoms. The molecule has 0 radical (unpaired) electrons. The van der Waals surface area contributed by atoms with E-state index in [-0.39, 0.29) is 85.2 Å². The van der Waals surface area contributed by atoms with Crippen molar-refractivity contribution in [3.8, 4) is 0 Å². The Morgan fingerprint density at radius 3 is 1.29 bits per heavy atom. The van der Waals surface area contributed by atoms with Crippen LogP contribution in [0.15, 0.2) is 0 Å². The zero-order valence-corrected chi connectivity index (χ0v) is 15.5. The number of rotatable bonds is 8. The first kappa shape index (κ1) is 23.8. The molecule has 0 amide bonds. The molecule has 7 nitrogen and oxygen atoms in total. The van der Waals surface area contributed by atoms with Gasteiger partial charge in [0.2, 0.25) is 0 Å². The topological polar surface area (TPSA) is 124 Å². The average Bonchev–Trinajstić information content (AvgIpc) is 1.98. The summed E-state index contributed by atoms with van der Waals surface area (Å²) >= 11 is 0. The maximum Gasteiger partial charge on any atom is 1.00 e. The Morgan fingerprint density at radius 1 is 0.765 bits per heavy atom. The van der Waals surface area contributed by atoms with Gasteiger partial charge in [-0.2, -0.15) is 0 Å². The maximum atomic E-state index is 10.1. The number of ether oxygens (including phenoxy) is 1. The fourth-order valence-electron chi connectivity index (χ4n) is 0.778. The van der Waals surface area contributed by atoms with Gasteiger partial charge in [-0.05, 0) is 12.8 Å². The van der Waals surface area contributed by atoms with Crippen LogP contribution in [0.5, 0.6) is 0 Å². The van der Waals surface area contributed by atoms with E-state index in [0.29, 0.717) is 0 Å². The molecule has 0 aliphatic rings. The van der Waals surface area contributed by atoms with Crippen molar-refractivity contribution in [1.82, 2.24) is 0 Å². The van der Waals surface area contributed by atoms with E-state index in [1.807, 2.05) is 0 Å². The second-order valence-corrected chi connectivity index (χ2v) is 5.89. The summed E-state index contributed by atoms with van der Waals surface area (Å²) in [4.78, 5) is 0. The molecular weight excluding hydrogens is 294 g/mol. The van der Waals surface area contributed by atoms with Crippen molar-refractivity contribution in [2.75, 3.05) is 24.7 Å². The Labute approximate surface area is 146 Å². The average molecular weight is 306 g/mol. The molecule has 0 saturated heterocycles. The molecule has 0 spiro atoms. The van der Waals surface area contributed by atoms with Crippen LogP contribution in [0.4, 0.5) is 0 Å². The van der Waals surface area contributed by atoms with Gasteiger partial charge in [-0.3, -0.25) is 0 Å². The largest absolute Gasteiger partial charge is 1.00 e. The van der Waals surface area contributed by atoms with Crippen LogP contribution in [0.2, 0.25) is 0 Å².